The average Bonchev–Trinajstić information content (AvgIpc) is 1.83. The highest BCUT2D eigenvalue weighted by Gasteiger charge is 2.41. The van der Waals surface area contributed by atoms with Gasteiger partial charge in [-0.15, -0.1) is 0 Å². The fraction of sp³-hybridized carbons (Fsp3) is 0.500. The molecule has 0 fully saturated rings. The first-order chi connectivity index (χ1) is 5.52. The fourth-order valence-electron chi connectivity index (χ4n) is 0.195. The molecule has 0 aliphatic carbocycles. The number of sulfonamides is 2. The molecule has 0 aromatic rings. The van der Waals surface area contributed by atoms with Gasteiger partial charge in [0.05, 0.1) is 0 Å². The van der Waals surface area contributed by atoms with E-state index in [0.29, 0.717) is 0 Å². The number of alkyl halides is 3. The van der Waals surface area contributed by atoms with Gasteiger partial charge in [-0.2, -0.15) is 21.6 Å². The second-order valence-electron chi connectivity index (χ2n) is 1.60. The van der Waals surface area contributed by atoms with Crippen molar-refractivity contribution in [3.05, 3.63) is 10.1 Å². The topological polar surface area (TPSA) is 82.4 Å². The summed E-state index contributed by atoms with van der Waals surface area (Å²) in [6.07, 6.45) is 0. The van der Waals surface area contributed by atoms with E-state index in [-0.39, 0.29) is 0 Å². The molecule has 78 valence electrons. The molecule has 0 bridgehead atoms. The van der Waals surface area contributed by atoms with Crippen LogP contribution in [0, 0.1) is 6.01 Å². The van der Waals surface area contributed by atoms with Crippen molar-refractivity contribution in [1.82, 2.24) is 0 Å². The van der Waals surface area contributed by atoms with Crippen LogP contribution >= 0.6 is 0 Å². The van der Waals surface area contributed by atoms with Crippen LogP contribution in [-0.4, -0.2) is 22.3 Å². The maximum atomic E-state index is 11.4. The Balaban J connectivity index is 4.97. The largest absolute Gasteiger partial charge is 0.480 e. The van der Waals surface area contributed by atoms with Crippen LogP contribution in [0.5, 0.6) is 0 Å². The van der Waals surface area contributed by atoms with Crippen LogP contribution in [-0.2, 0) is 20.0 Å². The second kappa shape index (κ2) is 3.31. The third-order valence-electron chi connectivity index (χ3n) is 0.607. The van der Waals surface area contributed by atoms with Crippen LogP contribution in [0.2, 0.25) is 0 Å². The highest BCUT2D eigenvalue weighted by atomic mass is 32.3. The quantitative estimate of drug-likeness (QED) is 0.537. The van der Waals surface area contributed by atoms with E-state index in [1.165, 1.54) is 4.13 Å². The van der Waals surface area contributed by atoms with Crippen molar-refractivity contribution in [1.29, 1.82) is 0 Å². The number of hydrogen-bond acceptors (Lipinski definition) is 4. The summed E-state index contributed by atoms with van der Waals surface area (Å²) in [4.78, 5) is 0. The van der Waals surface area contributed by atoms with Crippen LogP contribution in [0.4, 0.5) is 17.6 Å². The molecule has 11 heteroatoms. The third-order valence-corrected chi connectivity index (χ3v) is 3.03. The molecule has 0 saturated carbocycles. The maximum Gasteiger partial charge on any atom is 0.480 e. The van der Waals surface area contributed by atoms with Gasteiger partial charge in [-0.25, -0.2) is 8.42 Å². The molecule has 0 aliphatic rings. The predicted octanol–water partition coefficient (Wildman–Crippen LogP) is 0.628. The lowest BCUT2D eigenvalue weighted by Crippen LogP contribution is -2.23. The first-order valence-electron chi connectivity index (χ1n) is 2.26. The van der Waals surface area contributed by atoms with Gasteiger partial charge < -0.3 is 4.13 Å². The number of nitrogens with zero attached hydrogens (tertiary/aromatic N) is 1. The third kappa shape index (κ3) is 3.36. The Morgan fingerprint density at radius 2 is 1.46 bits per heavy atom. The Labute approximate surface area is 70.8 Å². The van der Waals surface area contributed by atoms with E-state index in [2.05, 4.69) is 0 Å². The lowest BCUT2D eigenvalue weighted by atomic mass is 11.6. The van der Waals surface area contributed by atoms with E-state index in [1.807, 2.05) is 0 Å². The molecule has 0 spiro atoms. The molecule has 0 rings (SSSR count). The van der Waals surface area contributed by atoms with E-state index in [0.717, 1.165) is 0 Å². The lowest BCUT2D eigenvalue weighted by molar-refractivity contribution is -0.0425. The molecule has 5 nitrogen and oxygen atoms in total. The summed E-state index contributed by atoms with van der Waals surface area (Å²) in [7, 11) is -11.5. The Bertz CT molecular complexity index is 365. The molecule has 0 amide bonds. The van der Waals surface area contributed by atoms with Gasteiger partial charge >= 0.3 is 11.5 Å². The number of rotatable bonds is 3. The number of hydrogen-bond donors (Lipinski definition) is 0. The van der Waals surface area contributed by atoms with Crippen LogP contribution in [0.15, 0.2) is 0 Å². The van der Waals surface area contributed by atoms with Crippen molar-refractivity contribution in [2.75, 3.05) is 0 Å². The first-order valence-corrected chi connectivity index (χ1v) is 5.20. The minimum absolute atomic E-state index is 1.25. The summed E-state index contributed by atoms with van der Waals surface area (Å²) in [5.41, 5.74) is -5.86. The summed E-state index contributed by atoms with van der Waals surface area (Å²) in [6.45, 7) is 0. The van der Waals surface area contributed by atoms with Gasteiger partial charge in [0.2, 0.25) is 0 Å². The van der Waals surface area contributed by atoms with Crippen LogP contribution in [0.3, 0.4) is 0 Å². The van der Waals surface area contributed by atoms with Crippen LogP contribution in [0.25, 0.3) is 4.13 Å². The summed E-state index contributed by atoms with van der Waals surface area (Å²) in [5.74, 6) is 0. The number of halogens is 4. The zero-order valence-corrected chi connectivity index (χ0v) is 7.12. The van der Waals surface area contributed by atoms with Crippen molar-refractivity contribution < 1.29 is 34.4 Å². The van der Waals surface area contributed by atoms with Crippen LogP contribution < -0.4 is 0 Å². The van der Waals surface area contributed by atoms with Crippen molar-refractivity contribution >= 4 is 20.0 Å². The maximum absolute atomic E-state index is 11.4. The van der Waals surface area contributed by atoms with Crippen LogP contribution in [0.1, 0.15) is 0 Å². The summed E-state index contributed by atoms with van der Waals surface area (Å²) >= 11 is 0. The lowest BCUT2D eigenvalue weighted by Gasteiger charge is -2.15. The zero-order valence-electron chi connectivity index (χ0n) is 5.49. The van der Waals surface area contributed by atoms with Gasteiger partial charge in [0, 0.05) is 4.39 Å². The standard InChI is InChI=1S/C2HF4NO4S2/c3-1-12(8,9)7-13(10,11)2(4,5)6/h1H. The van der Waals surface area contributed by atoms with Gasteiger partial charge in [-0.05, 0) is 0 Å². The minimum atomic E-state index is -6.20. The monoisotopic (exact) mass is 243 g/mol. The Morgan fingerprint density at radius 1 is 1.08 bits per heavy atom. The summed E-state index contributed by atoms with van der Waals surface area (Å²) in [6, 6.07) is -1.25. The fourth-order valence-corrected chi connectivity index (χ4v) is 1.76. The molecule has 0 saturated heterocycles. The highest BCUT2D eigenvalue weighted by molar-refractivity contribution is 8.13. The smallest absolute Gasteiger partial charge is 0.385 e. The molecular formula is C2HF4NO4S2. The molecule has 0 unspecified atom stereocenters. The van der Waals surface area contributed by atoms with Gasteiger partial charge in [0.15, 0.2) is 10.0 Å². The van der Waals surface area contributed by atoms with E-state index in [9.17, 15) is 34.4 Å². The molecule has 0 aromatic carbocycles. The Kier molecular flexibility index (Phi) is 3.17. The zero-order chi connectivity index (χ0) is 10.9. The van der Waals surface area contributed by atoms with Crippen molar-refractivity contribution in [2.45, 2.75) is 5.51 Å². The normalized spacial score (nSPS) is 14.2. The summed E-state index contributed by atoms with van der Waals surface area (Å²) < 4.78 is 86.7. The van der Waals surface area contributed by atoms with Gasteiger partial charge in [0.25, 0.3) is 10.0 Å². The molecule has 0 radical (unpaired) electrons. The Hall–Kier alpha value is -0.550. The van der Waals surface area contributed by atoms with Crippen molar-refractivity contribution in [3.8, 4) is 0 Å². The summed E-state index contributed by atoms with van der Waals surface area (Å²) in [5, 5.41) is 0. The van der Waals surface area contributed by atoms with Crippen molar-refractivity contribution in [3.63, 3.8) is 0 Å². The average molecular weight is 243 g/mol. The van der Waals surface area contributed by atoms with Crippen molar-refractivity contribution in [2.24, 2.45) is 0 Å². The second-order valence-corrected chi connectivity index (χ2v) is 4.82. The van der Waals surface area contributed by atoms with E-state index in [4.69, 9.17) is 0 Å². The molecule has 0 N–H and O–H groups in total. The Morgan fingerprint density at radius 3 is 1.69 bits per heavy atom. The van der Waals surface area contributed by atoms with E-state index >= 15 is 0 Å². The van der Waals surface area contributed by atoms with E-state index < -0.39 is 31.6 Å². The predicted molar refractivity (Wildman–Crippen MR) is 32.7 cm³/mol. The van der Waals surface area contributed by atoms with E-state index in [1.54, 1.807) is 0 Å². The molecule has 0 atom stereocenters. The minimum Gasteiger partial charge on any atom is -0.385 e. The molecule has 13 heavy (non-hydrogen) atoms. The molecule has 0 aromatic heterocycles. The molecular weight excluding hydrogens is 242 g/mol. The van der Waals surface area contributed by atoms with Gasteiger partial charge in [0.1, 0.15) is 0 Å². The molecule has 0 aliphatic heterocycles. The van der Waals surface area contributed by atoms with Gasteiger partial charge in [-0.1, -0.05) is 0 Å². The molecule has 0 heterocycles. The first kappa shape index (κ1) is 12.4. The SMILES string of the molecule is O=S(=O)([CH+]F)[N-]S(=O)(=O)C(F)(F)F. The highest BCUT2D eigenvalue weighted by Crippen LogP contribution is 2.30. The van der Waals surface area contributed by atoms with Gasteiger partial charge in [-0.3, -0.25) is 0 Å².